The summed E-state index contributed by atoms with van der Waals surface area (Å²) in [6.45, 7) is 0.165. The lowest BCUT2D eigenvalue weighted by molar-refractivity contribution is 0.341. The summed E-state index contributed by atoms with van der Waals surface area (Å²) in [7, 11) is 1.61. The van der Waals surface area contributed by atoms with E-state index in [9.17, 15) is 0 Å². The van der Waals surface area contributed by atoms with Crippen LogP contribution in [0.1, 0.15) is 5.56 Å². The summed E-state index contributed by atoms with van der Waals surface area (Å²) in [5.41, 5.74) is 0.986. The van der Waals surface area contributed by atoms with Crippen molar-refractivity contribution in [2.45, 2.75) is 3.79 Å². The van der Waals surface area contributed by atoms with E-state index in [0.29, 0.717) is 0 Å². The molecule has 0 radical (unpaired) electrons. The molecule has 1 aromatic rings. The molecule has 1 N–H and O–H groups in total. The fourth-order valence-corrected chi connectivity index (χ4v) is 1.28. The largest absolute Gasteiger partial charge is 0.497 e. The normalized spacial score (nSPS) is 11.6. The van der Waals surface area contributed by atoms with Crippen LogP contribution in [-0.2, 0) is 4.74 Å². The minimum absolute atomic E-state index is 0.165. The molecule has 1 aromatic carbocycles. The Labute approximate surface area is 121 Å². The van der Waals surface area contributed by atoms with Crippen LogP contribution < -0.4 is 4.74 Å². The van der Waals surface area contributed by atoms with Crippen molar-refractivity contribution in [2.75, 3.05) is 13.7 Å². The molecule has 0 bridgehead atoms. The van der Waals surface area contributed by atoms with E-state index in [2.05, 4.69) is 0 Å². The van der Waals surface area contributed by atoms with Crippen molar-refractivity contribution in [3.8, 4) is 5.75 Å². The first-order chi connectivity index (χ1) is 8.43. The predicted octanol–water partition coefficient (Wildman–Crippen LogP) is 4.07. The number of benzene rings is 1. The molecular formula is C12H12Cl3NO2. The summed E-state index contributed by atoms with van der Waals surface area (Å²) >= 11 is 16.4. The van der Waals surface area contributed by atoms with Crippen LogP contribution in [0.15, 0.2) is 30.3 Å². The minimum Gasteiger partial charge on any atom is -0.497 e. The Bertz CT molecular complexity index is 424. The van der Waals surface area contributed by atoms with Crippen LogP contribution >= 0.6 is 34.8 Å². The molecule has 0 aromatic heterocycles. The number of alkyl halides is 3. The van der Waals surface area contributed by atoms with Crippen LogP contribution in [-0.4, -0.2) is 23.4 Å². The topological polar surface area (TPSA) is 42.3 Å². The van der Waals surface area contributed by atoms with E-state index in [1.807, 2.05) is 30.3 Å². The van der Waals surface area contributed by atoms with E-state index in [0.717, 1.165) is 11.3 Å². The molecule has 0 atom stereocenters. The second-order valence-corrected chi connectivity index (χ2v) is 5.59. The van der Waals surface area contributed by atoms with E-state index in [1.54, 1.807) is 13.2 Å². The zero-order valence-corrected chi connectivity index (χ0v) is 11.9. The number of rotatable bonds is 4. The van der Waals surface area contributed by atoms with Crippen LogP contribution in [0.2, 0.25) is 0 Å². The van der Waals surface area contributed by atoms with Gasteiger partial charge in [-0.25, -0.2) is 0 Å². The third kappa shape index (κ3) is 5.17. The Morgan fingerprint density at radius 2 is 1.89 bits per heavy atom. The van der Waals surface area contributed by atoms with Crippen molar-refractivity contribution in [1.29, 1.82) is 5.41 Å². The first-order valence-corrected chi connectivity index (χ1v) is 6.16. The van der Waals surface area contributed by atoms with Crippen molar-refractivity contribution in [3.05, 3.63) is 35.9 Å². The average molecular weight is 309 g/mol. The molecule has 98 valence electrons. The Kier molecular flexibility index (Phi) is 5.79. The molecule has 0 heterocycles. The number of ether oxygens (including phenoxy) is 2. The maximum absolute atomic E-state index is 7.31. The van der Waals surface area contributed by atoms with Gasteiger partial charge in [-0.05, 0) is 23.8 Å². The molecule has 0 saturated carbocycles. The van der Waals surface area contributed by atoms with E-state index < -0.39 is 9.69 Å². The lowest BCUT2D eigenvalue weighted by Crippen LogP contribution is -2.21. The summed E-state index contributed by atoms with van der Waals surface area (Å²) in [6, 6.07) is 7.50. The Morgan fingerprint density at radius 3 is 2.39 bits per heavy atom. The zero-order chi connectivity index (χ0) is 13.6. The Balaban J connectivity index is 2.43. The molecule has 0 aliphatic rings. The SMILES string of the molecule is COc1ccc(C=CCOC(=N)C(Cl)(Cl)Cl)cc1. The molecule has 0 spiro atoms. The third-order valence-electron chi connectivity index (χ3n) is 2.01. The minimum atomic E-state index is -1.81. The van der Waals surface area contributed by atoms with Gasteiger partial charge in [0, 0.05) is 0 Å². The van der Waals surface area contributed by atoms with Crippen molar-refractivity contribution in [1.82, 2.24) is 0 Å². The van der Waals surface area contributed by atoms with Gasteiger partial charge >= 0.3 is 0 Å². The second kappa shape index (κ2) is 6.88. The van der Waals surface area contributed by atoms with Crippen molar-refractivity contribution < 1.29 is 9.47 Å². The number of nitrogens with one attached hydrogen (secondary N) is 1. The van der Waals surface area contributed by atoms with E-state index >= 15 is 0 Å². The van der Waals surface area contributed by atoms with Crippen LogP contribution in [0.3, 0.4) is 0 Å². The average Bonchev–Trinajstić information content (AvgIpc) is 2.34. The monoisotopic (exact) mass is 307 g/mol. The van der Waals surface area contributed by atoms with Gasteiger partial charge in [0.25, 0.3) is 3.79 Å². The first-order valence-electron chi connectivity index (χ1n) is 5.02. The zero-order valence-electron chi connectivity index (χ0n) is 9.62. The lowest BCUT2D eigenvalue weighted by Gasteiger charge is -2.11. The maximum atomic E-state index is 7.31. The smallest absolute Gasteiger partial charge is 0.265 e. The quantitative estimate of drug-likeness (QED) is 0.517. The lowest BCUT2D eigenvalue weighted by atomic mass is 10.2. The maximum Gasteiger partial charge on any atom is 0.265 e. The fourth-order valence-electron chi connectivity index (χ4n) is 1.11. The number of hydrogen-bond donors (Lipinski definition) is 1. The molecule has 0 aliphatic carbocycles. The second-order valence-electron chi connectivity index (χ2n) is 3.31. The molecule has 0 fully saturated rings. The van der Waals surface area contributed by atoms with E-state index in [4.69, 9.17) is 49.7 Å². The van der Waals surface area contributed by atoms with E-state index in [-0.39, 0.29) is 6.61 Å². The molecule has 18 heavy (non-hydrogen) atoms. The van der Waals surface area contributed by atoms with Crippen LogP contribution in [0, 0.1) is 5.41 Å². The molecule has 0 saturated heterocycles. The number of hydrogen-bond acceptors (Lipinski definition) is 3. The standard InChI is InChI=1S/C12H12Cl3NO2/c1-17-10-6-4-9(5-7-10)3-2-8-18-11(16)12(13,14)15/h2-7,16H,8H2,1H3. The van der Waals surface area contributed by atoms with E-state index in [1.165, 1.54) is 0 Å². The molecule has 3 nitrogen and oxygen atoms in total. The van der Waals surface area contributed by atoms with Gasteiger partial charge in [-0.2, -0.15) is 0 Å². The van der Waals surface area contributed by atoms with Crippen molar-refractivity contribution in [3.63, 3.8) is 0 Å². The van der Waals surface area contributed by atoms with Gasteiger partial charge in [0.2, 0.25) is 5.90 Å². The molecule has 1 rings (SSSR count). The summed E-state index contributed by atoms with van der Waals surface area (Å²) in [5.74, 6) is 0.397. The van der Waals surface area contributed by atoms with Crippen molar-refractivity contribution in [2.24, 2.45) is 0 Å². The molecular weight excluding hydrogens is 296 g/mol. The van der Waals surface area contributed by atoms with Crippen LogP contribution in [0.5, 0.6) is 5.75 Å². The highest BCUT2D eigenvalue weighted by Crippen LogP contribution is 2.27. The van der Waals surface area contributed by atoms with Gasteiger partial charge in [-0.3, -0.25) is 5.41 Å². The third-order valence-corrected chi connectivity index (χ3v) is 2.52. The fraction of sp³-hybridized carbons (Fsp3) is 0.250. The van der Waals surface area contributed by atoms with Gasteiger partial charge in [0.1, 0.15) is 12.4 Å². The van der Waals surface area contributed by atoms with Gasteiger partial charge in [-0.1, -0.05) is 53.0 Å². The molecule has 6 heteroatoms. The van der Waals surface area contributed by atoms with Crippen LogP contribution in [0.25, 0.3) is 6.08 Å². The molecule has 0 unspecified atom stereocenters. The first kappa shape index (κ1) is 15.2. The number of halogens is 3. The Hall–Kier alpha value is -0.900. The predicted molar refractivity (Wildman–Crippen MR) is 76.0 cm³/mol. The summed E-state index contributed by atoms with van der Waals surface area (Å²) in [4.78, 5) is 0. The summed E-state index contributed by atoms with van der Waals surface area (Å²) < 4.78 is 8.18. The number of methoxy groups -OCH3 is 1. The Morgan fingerprint density at radius 1 is 1.28 bits per heavy atom. The van der Waals surface area contributed by atoms with Crippen LogP contribution in [0.4, 0.5) is 0 Å². The van der Waals surface area contributed by atoms with Gasteiger partial charge in [-0.15, -0.1) is 0 Å². The summed E-state index contributed by atoms with van der Waals surface area (Å²) in [6.07, 6.45) is 3.57. The van der Waals surface area contributed by atoms with Gasteiger partial charge in [0.05, 0.1) is 7.11 Å². The highest BCUT2D eigenvalue weighted by molar-refractivity contribution is 6.76. The molecule has 0 amide bonds. The highest BCUT2D eigenvalue weighted by Gasteiger charge is 2.28. The van der Waals surface area contributed by atoms with Gasteiger partial charge < -0.3 is 9.47 Å². The summed E-state index contributed by atoms with van der Waals surface area (Å²) in [5, 5.41) is 7.31. The van der Waals surface area contributed by atoms with Crippen molar-refractivity contribution >= 4 is 46.8 Å². The van der Waals surface area contributed by atoms with Gasteiger partial charge in [0.15, 0.2) is 0 Å². The highest BCUT2D eigenvalue weighted by atomic mass is 35.6. The molecule has 0 aliphatic heterocycles.